The molecule has 4 rings (SSSR count). The van der Waals surface area contributed by atoms with Gasteiger partial charge in [-0.2, -0.15) is 0 Å². The zero-order valence-corrected chi connectivity index (χ0v) is 16.9. The number of nitrogens with one attached hydrogen (secondary N) is 1. The van der Waals surface area contributed by atoms with Gasteiger partial charge in [-0.05, 0) is 37.8 Å². The zero-order valence-electron chi connectivity index (χ0n) is 16.1. The van der Waals surface area contributed by atoms with E-state index < -0.39 is 6.09 Å². The molecule has 8 heteroatoms. The largest absolute Gasteiger partial charge is 0.493 e. The Labute approximate surface area is 168 Å². The molecule has 2 heterocycles. The number of aromatic nitrogens is 1. The first-order valence-electron chi connectivity index (χ1n) is 9.59. The molecule has 2 aromatic rings. The predicted octanol–water partition coefficient (Wildman–Crippen LogP) is 4.09. The number of hydrogen-bond acceptors (Lipinski definition) is 6. The lowest BCUT2D eigenvalue weighted by molar-refractivity contribution is 0.125. The number of anilines is 1. The van der Waals surface area contributed by atoms with Crippen molar-refractivity contribution < 1.29 is 19.4 Å². The van der Waals surface area contributed by atoms with Gasteiger partial charge in [0.2, 0.25) is 0 Å². The van der Waals surface area contributed by atoms with Gasteiger partial charge in [0.25, 0.3) is 0 Å². The summed E-state index contributed by atoms with van der Waals surface area (Å²) in [5.74, 6) is 1.49. The van der Waals surface area contributed by atoms with Crippen LogP contribution in [0.3, 0.4) is 0 Å². The molecule has 0 radical (unpaired) electrons. The summed E-state index contributed by atoms with van der Waals surface area (Å²) in [7, 11) is 3.31. The van der Waals surface area contributed by atoms with E-state index in [1.807, 2.05) is 18.2 Å². The smallest absolute Gasteiger partial charge is 0.407 e. The Morgan fingerprint density at radius 3 is 2.86 bits per heavy atom. The fourth-order valence-electron chi connectivity index (χ4n) is 3.99. The van der Waals surface area contributed by atoms with Crippen LogP contribution in [0.1, 0.15) is 30.6 Å². The lowest BCUT2D eigenvalue weighted by Crippen LogP contribution is -2.40. The Hall–Kier alpha value is -2.48. The summed E-state index contributed by atoms with van der Waals surface area (Å²) in [6.07, 6.45) is 3.61. The molecule has 28 heavy (non-hydrogen) atoms. The maximum absolute atomic E-state index is 11.1. The number of fused-ring (bicyclic) bond motifs is 3. The molecule has 0 unspecified atom stereocenters. The second-order valence-corrected chi connectivity index (χ2v) is 8.35. The summed E-state index contributed by atoms with van der Waals surface area (Å²) in [4.78, 5) is 18.7. The summed E-state index contributed by atoms with van der Waals surface area (Å²) < 4.78 is 11.4. The van der Waals surface area contributed by atoms with Crippen molar-refractivity contribution in [3.63, 3.8) is 0 Å². The summed E-state index contributed by atoms with van der Waals surface area (Å²) in [5.41, 5.74) is 1.95. The summed E-state index contributed by atoms with van der Waals surface area (Å²) in [6, 6.07) is 6.33. The van der Waals surface area contributed by atoms with Gasteiger partial charge in [0, 0.05) is 36.0 Å². The second kappa shape index (κ2) is 7.87. The van der Waals surface area contributed by atoms with Crippen molar-refractivity contribution in [1.82, 2.24) is 9.88 Å². The van der Waals surface area contributed by atoms with Gasteiger partial charge in [-0.15, -0.1) is 11.3 Å². The first-order chi connectivity index (χ1) is 13.6. The van der Waals surface area contributed by atoms with Crippen molar-refractivity contribution in [1.29, 1.82) is 0 Å². The van der Waals surface area contributed by atoms with Crippen LogP contribution in [0.4, 0.5) is 9.93 Å². The predicted molar refractivity (Wildman–Crippen MR) is 109 cm³/mol. The van der Waals surface area contributed by atoms with E-state index in [9.17, 15) is 4.79 Å². The van der Waals surface area contributed by atoms with Crippen LogP contribution in [0.15, 0.2) is 18.2 Å². The quantitative estimate of drug-likeness (QED) is 0.800. The van der Waals surface area contributed by atoms with Crippen molar-refractivity contribution in [3.8, 4) is 22.8 Å². The molecule has 7 nitrogen and oxygen atoms in total. The highest BCUT2D eigenvalue weighted by atomic mass is 32.1. The fourth-order valence-corrected chi connectivity index (χ4v) is 5.02. The molecule has 0 saturated heterocycles. The van der Waals surface area contributed by atoms with Gasteiger partial charge < -0.3 is 24.8 Å². The number of benzene rings is 1. The lowest BCUT2D eigenvalue weighted by atomic mass is 9.90. The number of rotatable bonds is 4. The highest BCUT2D eigenvalue weighted by Crippen LogP contribution is 2.43. The number of hydrogen-bond donors (Lipinski definition) is 2. The van der Waals surface area contributed by atoms with E-state index in [4.69, 9.17) is 19.6 Å². The van der Waals surface area contributed by atoms with Crippen molar-refractivity contribution in [2.75, 3.05) is 26.1 Å². The maximum Gasteiger partial charge on any atom is 0.407 e. The van der Waals surface area contributed by atoms with Crippen molar-refractivity contribution in [2.45, 2.75) is 44.2 Å². The third-order valence-corrected chi connectivity index (χ3v) is 6.65. The van der Waals surface area contributed by atoms with Gasteiger partial charge in [0.1, 0.15) is 0 Å². The van der Waals surface area contributed by atoms with Gasteiger partial charge in [0.15, 0.2) is 16.6 Å². The highest BCUT2D eigenvalue weighted by molar-refractivity contribution is 7.16. The molecule has 2 N–H and O–H groups in total. The summed E-state index contributed by atoms with van der Waals surface area (Å²) in [6.45, 7) is 0.606. The number of thiazole rings is 1. The third kappa shape index (κ3) is 3.61. The third-order valence-electron chi connectivity index (χ3n) is 5.60. The maximum atomic E-state index is 11.1. The molecular weight excluding hydrogens is 378 g/mol. The van der Waals surface area contributed by atoms with Gasteiger partial charge in [-0.25, -0.2) is 9.78 Å². The average Bonchev–Trinajstić information content (AvgIpc) is 3.02. The summed E-state index contributed by atoms with van der Waals surface area (Å²) >= 11 is 1.68. The number of nitrogens with zero attached hydrogens (tertiary/aromatic N) is 2. The Bertz CT molecular complexity index is 861. The highest BCUT2D eigenvalue weighted by Gasteiger charge is 2.28. The van der Waals surface area contributed by atoms with Crippen molar-refractivity contribution >= 4 is 22.6 Å². The van der Waals surface area contributed by atoms with Gasteiger partial charge in [0.05, 0.1) is 19.4 Å². The monoisotopic (exact) mass is 403 g/mol. The second-order valence-electron chi connectivity index (χ2n) is 7.27. The molecule has 150 valence electrons. The molecule has 1 aliphatic heterocycles. The average molecular weight is 404 g/mol. The van der Waals surface area contributed by atoms with E-state index in [1.54, 1.807) is 25.5 Å². The molecule has 1 aromatic carbocycles. The van der Waals surface area contributed by atoms with Crippen molar-refractivity contribution in [3.05, 3.63) is 23.1 Å². The minimum Gasteiger partial charge on any atom is -0.493 e. The minimum absolute atomic E-state index is 0.111. The van der Waals surface area contributed by atoms with Crippen LogP contribution < -0.4 is 14.8 Å². The molecule has 0 atom stereocenters. The topological polar surface area (TPSA) is 83.9 Å². The summed E-state index contributed by atoms with van der Waals surface area (Å²) in [5, 5.41) is 13.7. The normalized spacial score (nSPS) is 20.9. The molecule has 2 aliphatic rings. The van der Waals surface area contributed by atoms with E-state index in [2.05, 4.69) is 5.32 Å². The first-order valence-corrected chi connectivity index (χ1v) is 10.4. The number of ether oxygens (including phenoxy) is 2. The molecule has 0 spiro atoms. The molecule has 1 aliphatic carbocycles. The van der Waals surface area contributed by atoms with E-state index in [0.29, 0.717) is 12.6 Å². The number of carbonyl (C=O) groups is 1. The lowest BCUT2D eigenvalue weighted by Gasteiger charge is -2.33. The van der Waals surface area contributed by atoms with E-state index in [1.165, 1.54) is 9.78 Å². The molecule has 1 fully saturated rings. The molecule has 1 amide bonds. The van der Waals surface area contributed by atoms with E-state index >= 15 is 0 Å². The number of carboxylic acid groups (broad SMARTS) is 1. The molecule has 1 saturated carbocycles. The number of para-hydroxylation sites is 1. The van der Waals surface area contributed by atoms with Crippen LogP contribution in [-0.2, 0) is 6.42 Å². The SMILES string of the molecule is COc1cccc2c1OCCc1sc(NC3CCC(N(C)C(=O)O)CC3)nc1-2. The van der Waals surface area contributed by atoms with Gasteiger partial charge in [-0.3, -0.25) is 0 Å². The zero-order chi connectivity index (χ0) is 19.7. The Balaban J connectivity index is 1.49. The Morgan fingerprint density at radius 2 is 2.14 bits per heavy atom. The van der Waals surface area contributed by atoms with Crippen LogP contribution in [0.2, 0.25) is 0 Å². The van der Waals surface area contributed by atoms with Gasteiger partial charge in [-0.1, -0.05) is 6.07 Å². The van der Waals surface area contributed by atoms with Crippen molar-refractivity contribution in [2.24, 2.45) is 0 Å². The first kappa shape index (κ1) is 18.9. The molecule has 1 aromatic heterocycles. The Morgan fingerprint density at radius 1 is 1.36 bits per heavy atom. The van der Waals surface area contributed by atoms with Crippen LogP contribution in [0.5, 0.6) is 11.5 Å². The number of methoxy groups -OCH3 is 1. The van der Waals surface area contributed by atoms with Crippen LogP contribution in [-0.4, -0.2) is 53.9 Å². The van der Waals surface area contributed by atoms with E-state index in [-0.39, 0.29) is 6.04 Å². The Kier molecular flexibility index (Phi) is 5.30. The fraction of sp³-hybridized carbons (Fsp3) is 0.500. The molecule has 0 bridgehead atoms. The standard InChI is InChI=1S/C20H25N3O4S/c1-23(20(24)25)13-8-6-12(7-9-13)21-19-22-17-14-4-3-5-15(26-2)18(14)27-11-10-16(17)28-19/h3-5,12-13H,6-11H2,1-2H3,(H,21,22)(H,24,25). The van der Waals surface area contributed by atoms with Crippen LogP contribution in [0.25, 0.3) is 11.3 Å². The van der Waals surface area contributed by atoms with E-state index in [0.717, 1.165) is 60.0 Å². The van der Waals surface area contributed by atoms with Gasteiger partial charge >= 0.3 is 6.09 Å². The minimum atomic E-state index is -0.851. The molecular formula is C20H25N3O4S. The van der Waals surface area contributed by atoms with Crippen LogP contribution >= 0.6 is 11.3 Å². The van der Waals surface area contributed by atoms with Crippen LogP contribution in [0, 0.1) is 0 Å². The number of amides is 1.